The molecule has 1 aromatic carbocycles. The third kappa shape index (κ3) is 2.44. The molecule has 0 saturated heterocycles. The molecule has 6 heteroatoms. The van der Waals surface area contributed by atoms with Crippen molar-refractivity contribution in [2.24, 2.45) is 5.92 Å². The number of hydrogen-bond acceptors (Lipinski definition) is 5. The second kappa shape index (κ2) is 5.85. The minimum absolute atomic E-state index is 0.129. The van der Waals surface area contributed by atoms with Gasteiger partial charge in [0.15, 0.2) is 11.5 Å². The van der Waals surface area contributed by atoms with Gasteiger partial charge in [-0.3, -0.25) is 4.98 Å². The first-order valence-corrected chi connectivity index (χ1v) is 7.86. The second-order valence-electron chi connectivity index (χ2n) is 5.80. The SMILES string of the molecule is CC(C#N)Cn1c(-c2ccncc2)nc2cc3c(cc21)OCCO3. The number of nitrogens with zero attached hydrogens (tertiary/aromatic N) is 4. The third-order valence-corrected chi connectivity index (χ3v) is 4.03. The molecule has 0 radical (unpaired) electrons. The van der Waals surface area contributed by atoms with Gasteiger partial charge in [0.2, 0.25) is 0 Å². The highest BCUT2D eigenvalue weighted by molar-refractivity contribution is 5.84. The van der Waals surface area contributed by atoms with Crippen molar-refractivity contribution >= 4 is 11.0 Å². The van der Waals surface area contributed by atoms with E-state index in [9.17, 15) is 5.26 Å². The van der Waals surface area contributed by atoms with Crippen LogP contribution in [0.15, 0.2) is 36.7 Å². The fraction of sp³-hybridized carbons (Fsp3) is 0.278. The fourth-order valence-corrected chi connectivity index (χ4v) is 2.88. The van der Waals surface area contributed by atoms with Gasteiger partial charge in [-0.15, -0.1) is 0 Å². The number of aromatic nitrogens is 3. The number of hydrogen-bond donors (Lipinski definition) is 0. The van der Waals surface area contributed by atoms with E-state index in [0.29, 0.717) is 25.5 Å². The lowest BCUT2D eigenvalue weighted by Crippen LogP contribution is -2.15. The molecule has 24 heavy (non-hydrogen) atoms. The van der Waals surface area contributed by atoms with Gasteiger partial charge in [-0.2, -0.15) is 5.26 Å². The predicted molar refractivity (Wildman–Crippen MR) is 88.7 cm³/mol. The first-order chi connectivity index (χ1) is 11.8. The highest BCUT2D eigenvalue weighted by Gasteiger charge is 2.19. The normalized spacial score (nSPS) is 14.3. The van der Waals surface area contributed by atoms with E-state index in [4.69, 9.17) is 14.5 Å². The Labute approximate surface area is 139 Å². The summed E-state index contributed by atoms with van der Waals surface area (Å²) in [6.45, 7) is 3.55. The van der Waals surface area contributed by atoms with E-state index in [2.05, 4.69) is 15.6 Å². The standard InChI is InChI=1S/C18H16N4O2/c1-12(10-19)11-22-15-9-17-16(23-6-7-24-17)8-14(15)21-18(22)13-2-4-20-5-3-13/h2-5,8-9,12H,6-7,11H2,1H3. The number of nitriles is 1. The van der Waals surface area contributed by atoms with Gasteiger partial charge in [0.1, 0.15) is 19.0 Å². The molecule has 0 amide bonds. The van der Waals surface area contributed by atoms with Crippen LogP contribution in [-0.4, -0.2) is 27.7 Å². The van der Waals surface area contributed by atoms with E-state index in [1.807, 2.05) is 31.2 Å². The van der Waals surface area contributed by atoms with Crippen molar-refractivity contribution in [3.63, 3.8) is 0 Å². The summed E-state index contributed by atoms with van der Waals surface area (Å²) in [5, 5.41) is 9.22. The van der Waals surface area contributed by atoms with Crippen molar-refractivity contribution in [2.75, 3.05) is 13.2 Å². The third-order valence-electron chi connectivity index (χ3n) is 4.03. The average Bonchev–Trinajstić information content (AvgIpc) is 2.98. The summed E-state index contributed by atoms with van der Waals surface area (Å²) >= 11 is 0. The van der Waals surface area contributed by atoms with E-state index in [-0.39, 0.29) is 5.92 Å². The van der Waals surface area contributed by atoms with Crippen LogP contribution < -0.4 is 9.47 Å². The van der Waals surface area contributed by atoms with E-state index in [1.54, 1.807) is 12.4 Å². The summed E-state index contributed by atoms with van der Waals surface area (Å²) in [7, 11) is 0. The molecule has 120 valence electrons. The van der Waals surface area contributed by atoms with Crippen molar-refractivity contribution in [1.29, 1.82) is 5.26 Å². The van der Waals surface area contributed by atoms with Crippen LogP contribution in [0.25, 0.3) is 22.4 Å². The topological polar surface area (TPSA) is 73.0 Å². The van der Waals surface area contributed by atoms with Gasteiger partial charge >= 0.3 is 0 Å². The Hall–Kier alpha value is -3.07. The maximum Gasteiger partial charge on any atom is 0.163 e. The summed E-state index contributed by atoms with van der Waals surface area (Å²) in [4.78, 5) is 8.83. The van der Waals surface area contributed by atoms with Crippen LogP contribution in [0.5, 0.6) is 11.5 Å². The Kier molecular flexibility index (Phi) is 3.54. The number of rotatable bonds is 3. The molecular formula is C18H16N4O2. The molecule has 0 bridgehead atoms. The van der Waals surface area contributed by atoms with Crippen LogP contribution in [0.4, 0.5) is 0 Å². The van der Waals surface area contributed by atoms with Gasteiger partial charge in [-0.25, -0.2) is 4.98 Å². The molecule has 4 rings (SSSR count). The largest absolute Gasteiger partial charge is 0.486 e. The lowest BCUT2D eigenvalue weighted by Gasteiger charge is -2.18. The average molecular weight is 320 g/mol. The number of fused-ring (bicyclic) bond motifs is 2. The molecule has 0 aliphatic carbocycles. The maximum atomic E-state index is 9.22. The Morgan fingerprint density at radius 2 is 1.92 bits per heavy atom. The van der Waals surface area contributed by atoms with E-state index >= 15 is 0 Å². The molecule has 6 nitrogen and oxygen atoms in total. The molecule has 1 aliphatic rings. The van der Waals surface area contributed by atoms with Crippen LogP contribution in [-0.2, 0) is 6.54 Å². The molecule has 3 heterocycles. The molecule has 1 aliphatic heterocycles. The molecule has 0 saturated carbocycles. The Morgan fingerprint density at radius 3 is 2.62 bits per heavy atom. The lowest BCUT2D eigenvalue weighted by molar-refractivity contribution is 0.172. The molecule has 2 aromatic heterocycles. The van der Waals surface area contributed by atoms with Gasteiger partial charge in [-0.1, -0.05) is 0 Å². The molecule has 1 atom stereocenters. The van der Waals surface area contributed by atoms with Crippen molar-refractivity contribution in [1.82, 2.24) is 14.5 Å². The lowest BCUT2D eigenvalue weighted by atomic mass is 10.2. The molecule has 0 spiro atoms. The summed E-state index contributed by atoms with van der Waals surface area (Å²) in [6.07, 6.45) is 3.48. The van der Waals surface area contributed by atoms with Crippen molar-refractivity contribution < 1.29 is 9.47 Å². The number of imidazole rings is 1. The fourth-order valence-electron chi connectivity index (χ4n) is 2.88. The Balaban J connectivity index is 1.93. The quantitative estimate of drug-likeness (QED) is 0.741. The number of benzene rings is 1. The van der Waals surface area contributed by atoms with Crippen molar-refractivity contribution in [3.05, 3.63) is 36.7 Å². The summed E-state index contributed by atoms with van der Waals surface area (Å²) < 4.78 is 13.4. The monoisotopic (exact) mass is 320 g/mol. The van der Waals surface area contributed by atoms with Gasteiger partial charge in [0.05, 0.1) is 23.0 Å². The first kappa shape index (κ1) is 14.5. The summed E-state index contributed by atoms with van der Waals surface area (Å²) in [6, 6.07) is 9.98. The van der Waals surface area contributed by atoms with Crippen molar-refractivity contribution in [2.45, 2.75) is 13.5 Å². The van der Waals surface area contributed by atoms with E-state index < -0.39 is 0 Å². The highest BCUT2D eigenvalue weighted by atomic mass is 16.6. The van der Waals surface area contributed by atoms with Crippen LogP contribution in [0.1, 0.15) is 6.92 Å². The van der Waals surface area contributed by atoms with Crippen LogP contribution in [0.3, 0.4) is 0 Å². The zero-order chi connectivity index (χ0) is 16.5. The highest BCUT2D eigenvalue weighted by Crippen LogP contribution is 2.36. The minimum atomic E-state index is -0.129. The smallest absolute Gasteiger partial charge is 0.163 e. The van der Waals surface area contributed by atoms with Crippen molar-refractivity contribution in [3.8, 4) is 29.0 Å². The molecule has 3 aromatic rings. The zero-order valence-corrected chi connectivity index (χ0v) is 13.3. The first-order valence-electron chi connectivity index (χ1n) is 7.86. The molecular weight excluding hydrogens is 304 g/mol. The Morgan fingerprint density at radius 1 is 1.21 bits per heavy atom. The minimum Gasteiger partial charge on any atom is -0.486 e. The molecule has 0 fully saturated rings. The van der Waals surface area contributed by atoms with Gasteiger partial charge in [-0.05, 0) is 19.1 Å². The molecule has 1 unspecified atom stereocenters. The number of pyridine rings is 1. The van der Waals surface area contributed by atoms with Crippen LogP contribution >= 0.6 is 0 Å². The van der Waals surface area contributed by atoms with Crippen LogP contribution in [0, 0.1) is 17.2 Å². The zero-order valence-electron chi connectivity index (χ0n) is 13.3. The maximum absolute atomic E-state index is 9.22. The van der Waals surface area contributed by atoms with E-state index in [0.717, 1.165) is 28.2 Å². The molecule has 0 N–H and O–H groups in total. The number of ether oxygens (including phenoxy) is 2. The predicted octanol–water partition coefficient (Wildman–Crippen LogP) is 3.03. The van der Waals surface area contributed by atoms with Gasteiger partial charge < -0.3 is 14.0 Å². The summed E-state index contributed by atoms with van der Waals surface area (Å²) in [5.41, 5.74) is 2.73. The summed E-state index contributed by atoms with van der Waals surface area (Å²) in [5.74, 6) is 2.13. The van der Waals surface area contributed by atoms with Gasteiger partial charge in [0, 0.05) is 36.6 Å². The van der Waals surface area contributed by atoms with E-state index in [1.165, 1.54) is 0 Å². The van der Waals surface area contributed by atoms with Crippen LogP contribution in [0.2, 0.25) is 0 Å². The van der Waals surface area contributed by atoms with Gasteiger partial charge in [0.25, 0.3) is 0 Å². The Bertz CT molecular complexity index is 928. The second-order valence-corrected chi connectivity index (χ2v) is 5.80.